The van der Waals surface area contributed by atoms with Crippen LogP contribution in [0.3, 0.4) is 0 Å². The zero-order valence-electron chi connectivity index (χ0n) is 9.34. The first-order chi connectivity index (χ1) is 6.21. The second-order valence-electron chi connectivity index (χ2n) is 4.06. The summed E-state index contributed by atoms with van der Waals surface area (Å²) in [5.74, 6) is 0. The molecule has 0 aliphatic heterocycles. The van der Waals surface area contributed by atoms with Gasteiger partial charge in [0.15, 0.2) is 0 Å². The average molecular weight is 239 g/mol. The van der Waals surface area contributed by atoms with Crippen LogP contribution in [0.1, 0.15) is 5.56 Å². The number of nitrogens with zero attached hydrogens (tertiary/aromatic N) is 1. The minimum Gasteiger partial charge on any atom is -0.870 e. The van der Waals surface area contributed by atoms with Gasteiger partial charge in [-0.25, -0.2) is 0 Å². The van der Waals surface area contributed by atoms with Crippen LogP contribution in [-0.4, -0.2) is 32.1 Å². The summed E-state index contributed by atoms with van der Waals surface area (Å²) in [6.07, 6.45) is -4.26. The Hall–Kier alpha value is -1.11. The molecule has 1 aromatic rings. The molecule has 0 saturated heterocycles. The van der Waals surface area contributed by atoms with Gasteiger partial charge in [0, 0.05) is 6.07 Å². The summed E-state index contributed by atoms with van der Waals surface area (Å²) in [6.45, 7) is 0. The summed E-state index contributed by atoms with van der Waals surface area (Å²) >= 11 is 0. The molecule has 1 aromatic carbocycles. The summed E-state index contributed by atoms with van der Waals surface area (Å²) in [5.41, 5.74) is 0.0443. The van der Waals surface area contributed by atoms with Crippen molar-refractivity contribution in [2.45, 2.75) is 6.18 Å². The van der Waals surface area contributed by atoms with E-state index < -0.39 is 11.7 Å². The fourth-order valence-electron chi connectivity index (χ4n) is 1.10. The number of benzene rings is 1. The highest BCUT2D eigenvalue weighted by Crippen LogP contribution is 2.32. The van der Waals surface area contributed by atoms with Gasteiger partial charge in [-0.1, -0.05) is 6.07 Å². The molecule has 0 radical (unpaired) electrons. The Labute approximate surface area is 92.3 Å². The van der Waals surface area contributed by atoms with Crippen molar-refractivity contribution < 1.29 is 24.1 Å². The first-order valence-electron chi connectivity index (χ1n) is 4.20. The van der Waals surface area contributed by atoms with Crippen molar-refractivity contribution in [2.75, 3.05) is 21.1 Å². The van der Waals surface area contributed by atoms with E-state index in [1.165, 1.54) is 12.1 Å². The van der Waals surface area contributed by atoms with Crippen LogP contribution in [0, 0.1) is 0 Å². The zero-order valence-corrected chi connectivity index (χ0v) is 9.34. The molecule has 0 fully saturated rings. The van der Waals surface area contributed by atoms with Crippen molar-refractivity contribution in [3.05, 3.63) is 29.8 Å². The Morgan fingerprint density at radius 3 is 1.94 bits per heavy atom. The molecule has 0 aliphatic rings. The predicted molar refractivity (Wildman–Crippen MR) is 56.6 cm³/mol. The molecule has 0 atom stereocenters. The van der Waals surface area contributed by atoms with Crippen LogP contribution >= 0.6 is 0 Å². The molecule has 16 heavy (non-hydrogen) atoms. The van der Waals surface area contributed by atoms with Crippen LogP contribution in [0.15, 0.2) is 24.3 Å². The Kier molecular flexibility index (Phi) is 5.71. The third-order valence-electron chi connectivity index (χ3n) is 1.95. The van der Waals surface area contributed by atoms with Crippen LogP contribution in [0.5, 0.6) is 0 Å². The molecule has 0 heterocycles. The van der Waals surface area contributed by atoms with Crippen molar-refractivity contribution in [3.8, 4) is 0 Å². The van der Waals surface area contributed by atoms with Gasteiger partial charge in [0.1, 0.15) is 5.69 Å². The lowest BCUT2D eigenvalue weighted by atomic mass is 10.2. The standard InChI is InChI=1S/C10H13F3N.2H2O/c1-14(2,3)9-6-4-5-8(7-9)10(11,12)13;;/h4-7H,1-3H3;2*1H2/q+1;;/p-1. The predicted octanol–water partition coefficient (Wildman–Crippen LogP) is 1.90. The molecule has 1 rings (SSSR count). The minimum atomic E-state index is -4.26. The molecular weight excluding hydrogens is 223 g/mol. The van der Waals surface area contributed by atoms with E-state index in [9.17, 15) is 13.2 Å². The monoisotopic (exact) mass is 239 g/mol. The fraction of sp³-hybridized carbons (Fsp3) is 0.400. The van der Waals surface area contributed by atoms with E-state index in [2.05, 4.69) is 0 Å². The molecular formula is C10H16F3NO2. The van der Waals surface area contributed by atoms with Crippen LogP contribution in [0.25, 0.3) is 0 Å². The maximum Gasteiger partial charge on any atom is 0.416 e. The summed E-state index contributed by atoms with van der Waals surface area (Å²) in [7, 11) is 5.49. The van der Waals surface area contributed by atoms with Crippen LogP contribution in [0.2, 0.25) is 0 Å². The first-order valence-corrected chi connectivity index (χ1v) is 4.20. The number of halogens is 3. The summed E-state index contributed by atoms with van der Waals surface area (Å²) in [4.78, 5) is 0. The van der Waals surface area contributed by atoms with Crippen LogP contribution in [0.4, 0.5) is 18.9 Å². The molecule has 3 nitrogen and oxygen atoms in total. The lowest BCUT2D eigenvalue weighted by Gasteiger charge is -2.24. The minimum absolute atomic E-state index is 0. The smallest absolute Gasteiger partial charge is 0.416 e. The van der Waals surface area contributed by atoms with E-state index >= 15 is 0 Å². The highest BCUT2D eigenvalue weighted by Gasteiger charge is 2.31. The van der Waals surface area contributed by atoms with Crippen LogP contribution < -0.4 is 4.48 Å². The molecule has 0 saturated carbocycles. The fourth-order valence-corrected chi connectivity index (χ4v) is 1.10. The van der Waals surface area contributed by atoms with E-state index in [-0.39, 0.29) is 11.0 Å². The van der Waals surface area contributed by atoms with E-state index in [1.54, 1.807) is 6.07 Å². The number of rotatable bonds is 1. The molecule has 0 unspecified atom stereocenters. The third-order valence-corrected chi connectivity index (χ3v) is 1.95. The molecule has 94 valence electrons. The van der Waals surface area contributed by atoms with Gasteiger partial charge in [0.2, 0.25) is 0 Å². The highest BCUT2D eigenvalue weighted by atomic mass is 19.4. The molecule has 0 aromatic heterocycles. The lowest BCUT2D eigenvalue weighted by molar-refractivity contribution is -0.137. The molecule has 0 spiro atoms. The largest absolute Gasteiger partial charge is 0.870 e. The Balaban J connectivity index is 0. The number of alkyl halides is 3. The van der Waals surface area contributed by atoms with Gasteiger partial charge in [-0.2, -0.15) is 13.2 Å². The second kappa shape index (κ2) is 5.29. The number of quaternary nitrogens is 1. The summed E-state index contributed by atoms with van der Waals surface area (Å²) < 4.78 is 37.4. The second-order valence-corrected chi connectivity index (χ2v) is 4.06. The van der Waals surface area contributed by atoms with E-state index in [1.807, 2.05) is 21.1 Å². The van der Waals surface area contributed by atoms with Crippen molar-refractivity contribution in [1.82, 2.24) is 4.48 Å². The van der Waals surface area contributed by atoms with Crippen molar-refractivity contribution in [3.63, 3.8) is 0 Å². The van der Waals surface area contributed by atoms with Crippen LogP contribution in [-0.2, 0) is 6.18 Å². The molecule has 0 amide bonds. The Morgan fingerprint density at radius 1 is 1.06 bits per heavy atom. The topological polar surface area (TPSA) is 61.5 Å². The summed E-state index contributed by atoms with van der Waals surface area (Å²) in [5, 5.41) is 0. The van der Waals surface area contributed by atoms with E-state index in [4.69, 9.17) is 0 Å². The first kappa shape index (κ1) is 17.3. The van der Waals surface area contributed by atoms with E-state index in [0.717, 1.165) is 6.07 Å². The lowest BCUT2D eigenvalue weighted by Crippen LogP contribution is -2.34. The normalized spacial score (nSPS) is 11.4. The summed E-state index contributed by atoms with van der Waals surface area (Å²) in [6, 6.07) is 5.38. The van der Waals surface area contributed by atoms with Gasteiger partial charge in [0.25, 0.3) is 0 Å². The van der Waals surface area contributed by atoms with Gasteiger partial charge in [-0.3, -0.25) is 4.48 Å². The molecule has 0 bridgehead atoms. The Morgan fingerprint density at radius 2 is 1.56 bits per heavy atom. The number of hydrogen-bond donors (Lipinski definition) is 0. The maximum atomic E-state index is 12.3. The van der Waals surface area contributed by atoms with Gasteiger partial charge in [-0.15, -0.1) is 0 Å². The quantitative estimate of drug-likeness (QED) is 0.690. The molecule has 3 N–H and O–H groups in total. The zero-order chi connectivity index (χ0) is 11.0. The number of hydrogen-bond acceptors (Lipinski definition) is 1. The van der Waals surface area contributed by atoms with Crippen molar-refractivity contribution >= 4 is 5.69 Å². The maximum absolute atomic E-state index is 12.3. The van der Waals surface area contributed by atoms with Crippen molar-refractivity contribution in [2.24, 2.45) is 0 Å². The van der Waals surface area contributed by atoms with Crippen molar-refractivity contribution in [1.29, 1.82) is 0 Å². The van der Waals surface area contributed by atoms with Gasteiger partial charge >= 0.3 is 6.18 Å². The molecule has 6 heteroatoms. The SMILES string of the molecule is C[N+](C)(C)c1cccc(C(F)(F)F)c1.O.[OH-]. The van der Waals surface area contributed by atoms with Gasteiger partial charge in [-0.05, 0) is 12.1 Å². The van der Waals surface area contributed by atoms with E-state index in [0.29, 0.717) is 10.2 Å². The third kappa shape index (κ3) is 4.18. The van der Waals surface area contributed by atoms with Gasteiger partial charge in [0.05, 0.1) is 26.7 Å². The van der Waals surface area contributed by atoms with Gasteiger partial charge < -0.3 is 11.0 Å². The molecule has 0 aliphatic carbocycles. The highest BCUT2D eigenvalue weighted by molar-refractivity contribution is 5.44. The Bertz CT molecular complexity index is 302. The average Bonchev–Trinajstić information content (AvgIpc) is 2.01.